The lowest BCUT2D eigenvalue weighted by Gasteiger charge is -2.44. The number of para-hydroxylation sites is 1. The number of nitrogens with zero attached hydrogens (tertiary/aromatic N) is 1. The van der Waals surface area contributed by atoms with Crippen LogP contribution in [0.2, 0.25) is 0 Å². The molecule has 0 unspecified atom stereocenters. The zero-order valence-corrected chi connectivity index (χ0v) is 18.4. The van der Waals surface area contributed by atoms with E-state index in [0.717, 1.165) is 31.2 Å². The second kappa shape index (κ2) is 8.35. The van der Waals surface area contributed by atoms with Gasteiger partial charge in [-0.15, -0.1) is 0 Å². The summed E-state index contributed by atoms with van der Waals surface area (Å²) in [6.07, 6.45) is 3.90. The highest BCUT2D eigenvalue weighted by atomic mass is 16.3. The SMILES string of the molecule is CCc1ccc(N2C(=O)Nc3ccccc3[C@]2(O)C(=O)N[C@H]2CCC[C@H](C)[C@@H]2C)cc1. The van der Waals surface area contributed by atoms with Crippen molar-refractivity contribution in [1.82, 2.24) is 5.32 Å². The van der Waals surface area contributed by atoms with Crippen LogP contribution in [0.4, 0.5) is 16.2 Å². The van der Waals surface area contributed by atoms with Gasteiger partial charge in [0.05, 0.1) is 5.69 Å². The molecule has 1 aliphatic carbocycles. The van der Waals surface area contributed by atoms with Crippen molar-refractivity contribution in [1.29, 1.82) is 0 Å². The van der Waals surface area contributed by atoms with Crippen molar-refractivity contribution in [2.75, 3.05) is 10.2 Å². The van der Waals surface area contributed by atoms with E-state index in [2.05, 4.69) is 31.4 Å². The molecule has 6 heteroatoms. The van der Waals surface area contributed by atoms with Gasteiger partial charge in [0, 0.05) is 17.3 Å². The minimum atomic E-state index is -2.15. The molecule has 4 rings (SSSR count). The van der Waals surface area contributed by atoms with Gasteiger partial charge in [0.1, 0.15) is 0 Å². The first-order chi connectivity index (χ1) is 14.9. The van der Waals surface area contributed by atoms with Gasteiger partial charge in [0.2, 0.25) is 0 Å². The summed E-state index contributed by atoms with van der Waals surface area (Å²) in [5.74, 6) is 0.222. The number of nitrogens with one attached hydrogen (secondary N) is 2. The van der Waals surface area contributed by atoms with Crippen LogP contribution in [0.3, 0.4) is 0 Å². The molecule has 4 atom stereocenters. The third kappa shape index (κ3) is 3.69. The molecule has 164 valence electrons. The molecule has 1 aliphatic heterocycles. The minimum Gasteiger partial charge on any atom is -0.359 e. The van der Waals surface area contributed by atoms with Crippen LogP contribution in [0.25, 0.3) is 0 Å². The molecule has 31 heavy (non-hydrogen) atoms. The molecule has 0 saturated heterocycles. The van der Waals surface area contributed by atoms with E-state index in [-0.39, 0.29) is 6.04 Å². The Morgan fingerprint density at radius 3 is 2.58 bits per heavy atom. The monoisotopic (exact) mass is 421 g/mol. The number of hydrogen-bond acceptors (Lipinski definition) is 3. The lowest BCUT2D eigenvalue weighted by molar-refractivity contribution is -0.141. The van der Waals surface area contributed by atoms with Gasteiger partial charge in [-0.1, -0.05) is 63.9 Å². The Morgan fingerprint density at radius 1 is 1.16 bits per heavy atom. The molecule has 0 spiro atoms. The lowest BCUT2D eigenvalue weighted by Crippen LogP contribution is -2.64. The van der Waals surface area contributed by atoms with E-state index in [4.69, 9.17) is 0 Å². The van der Waals surface area contributed by atoms with Gasteiger partial charge in [0.25, 0.3) is 11.6 Å². The maximum Gasteiger partial charge on any atom is 0.329 e. The molecule has 1 saturated carbocycles. The van der Waals surface area contributed by atoms with Crippen LogP contribution in [0.15, 0.2) is 48.5 Å². The Morgan fingerprint density at radius 2 is 1.87 bits per heavy atom. The quantitative estimate of drug-likeness (QED) is 0.685. The van der Waals surface area contributed by atoms with Gasteiger partial charge in [-0.3, -0.25) is 9.69 Å². The average molecular weight is 422 g/mol. The summed E-state index contributed by atoms with van der Waals surface area (Å²) in [5.41, 5.74) is 0.235. The second-order valence-corrected chi connectivity index (χ2v) is 8.85. The van der Waals surface area contributed by atoms with E-state index < -0.39 is 17.7 Å². The molecule has 1 fully saturated rings. The Hall–Kier alpha value is -2.86. The maximum atomic E-state index is 13.7. The van der Waals surface area contributed by atoms with E-state index in [9.17, 15) is 14.7 Å². The molecule has 2 aromatic rings. The number of carbonyl (C=O) groups is 2. The van der Waals surface area contributed by atoms with Gasteiger partial charge in [-0.2, -0.15) is 0 Å². The fourth-order valence-corrected chi connectivity index (χ4v) is 4.80. The first kappa shape index (κ1) is 21.4. The fourth-order valence-electron chi connectivity index (χ4n) is 4.80. The van der Waals surface area contributed by atoms with Crippen molar-refractivity contribution >= 4 is 23.3 Å². The van der Waals surface area contributed by atoms with Crippen molar-refractivity contribution in [3.8, 4) is 0 Å². The van der Waals surface area contributed by atoms with Crippen LogP contribution in [-0.2, 0) is 16.9 Å². The number of hydrogen-bond donors (Lipinski definition) is 3. The van der Waals surface area contributed by atoms with Crippen LogP contribution >= 0.6 is 0 Å². The van der Waals surface area contributed by atoms with Gasteiger partial charge in [0.15, 0.2) is 0 Å². The Kier molecular flexibility index (Phi) is 5.75. The number of urea groups is 1. The molecule has 2 aliphatic rings. The number of fused-ring (bicyclic) bond motifs is 1. The summed E-state index contributed by atoms with van der Waals surface area (Å²) < 4.78 is 0. The van der Waals surface area contributed by atoms with Crippen LogP contribution in [-0.4, -0.2) is 23.1 Å². The average Bonchev–Trinajstić information content (AvgIpc) is 2.77. The summed E-state index contributed by atoms with van der Waals surface area (Å²) in [4.78, 5) is 28.0. The van der Waals surface area contributed by atoms with E-state index in [0.29, 0.717) is 28.8 Å². The van der Waals surface area contributed by atoms with E-state index in [1.807, 2.05) is 12.1 Å². The normalized spacial score (nSPS) is 27.9. The van der Waals surface area contributed by atoms with Crippen LogP contribution in [0.1, 0.15) is 51.2 Å². The molecule has 0 bridgehead atoms. The van der Waals surface area contributed by atoms with Gasteiger partial charge >= 0.3 is 6.03 Å². The minimum absolute atomic E-state index is 0.0401. The predicted octanol–water partition coefficient (Wildman–Crippen LogP) is 4.39. The van der Waals surface area contributed by atoms with Crippen molar-refractivity contribution in [2.24, 2.45) is 11.8 Å². The summed E-state index contributed by atoms with van der Waals surface area (Å²) in [7, 11) is 0. The number of carbonyl (C=O) groups excluding carboxylic acids is 2. The highest BCUT2D eigenvalue weighted by Crippen LogP contribution is 2.40. The number of amides is 3. The van der Waals surface area contributed by atoms with Crippen molar-refractivity contribution in [2.45, 2.75) is 58.2 Å². The smallest absolute Gasteiger partial charge is 0.329 e. The Balaban J connectivity index is 1.76. The Labute approximate surface area is 183 Å². The van der Waals surface area contributed by atoms with Crippen molar-refractivity contribution in [3.63, 3.8) is 0 Å². The number of anilines is 2. The lowest BCUT2D eigenvalue weighted by atomic mass is 9.78. The number of rotatable bonds is 4. The van der Waals surface area contributed by atoms with Crippen LogP contribution in [0, 0.1) is 11.8 Å². The van der Waals surface area contributed by atoms with Gasteiger partial charge < -0.3 is 15.7 Å². The number of benzene rings is 2. The summed E-state index contributed by atoms with van der Waals surface area (Å²) in [5, 5.41) is 17.8. The maximum absolute atomic E-state index is 13.7. The molecule has 2 aromatic carbocycles. The molecule has 3 amide bonds. The second-order valence-electron chi connectivity index (χ2n) is 8.85. The van der Waals surface area contributed by atoms with Crippen molar-refractivity contribution in [3.05, 3.63) is 59.7 Å². The molecule has 0 radical (unpaired) electrons. The molecule has 6 nitrogen and oxygen atoms in total. The third-order valence-electron chi connectivity index (χ3n) is 7.01. The van der Waals surface area contributed by atoms with Crippen LogP contribution in [0.5, 0.6) is 0 Å². The van der Waals surface area contributed by atoms with E-state index >= 15 is 0 Å². The summed E-state index contributed by atoms with van der Waals surface area (Å²) in [6, 6.07) is 13.7. The molecule has 3 N–H and O–H groups in total. The molecular weight excluding hydrogens is 390 g/mol. The molecular formula is C25H31N3O3. The molecule has 1 heterocycles. The largest absolute Gasteiger partial charge is 0.359 e. The van der Waals surface area contributed by atoms with Gasteiger partial charge in [-0.25, -0.2) is 4.79 Å². The summed E-state index contributed by atoms with van der Waals surface area (Å²) >= 11 is 0. The topological polar surface area (TPSA) is 81.7 Å². The zero-order valence-electron chi connectivity index (χ0n) is 18.4. The van der Waals surface area contributed by atoms with Crippen LogP contribution < -0.4 is 15.5 Å². The van der Waals surface area contributed by atoms with E-state index in [1.54, 1.807) is 36.4 Å². The number of aryl methyl sites for hydroxylation is 1. The fraction of sp³-hybridized carbons (Fsp3) is 0.440. The first-order valence-electron chi connectivity index (χ1n) is 11.2. The highest BCUT2D eigenvalue weighted by Gasteiger charge is 2.52. The predicted molar refractivity (Wildman–Crippen MR) is 122 cm³/mol. The van der Waals surface area contributed by atoms with Crippen molar-refractivity contribution < 1.29 is 14.7 Å². The third-order valence-corrected chi connectivity index (χ3v) is 7.01. The molecule has 0 aromatic heterocycles. The zero-order chi connectivity index (χ0) is 22.2. The highest BCUT2D eigenvalue weighted by molar-refractivity contribution is 6.11. The van der Waals surface area contributed by atoms with E-state index in [1.165, 1.54) is 4.90 Å². The summed E-state index contributed by atoms with van der Waals surface area (Å²) in [6.45, 7) is 6.39. The van der Waals surface area contributed by atoms with Gasteiger partial charge in [-0.05, 0) is 48.4 Å². The Bertz CT molecular complexity index is 974. The standard InChI is InChI=1S/C25H31N3O3/c1-4-18-12-14-19(15-13-18)28-24(30)27-22-10-6-5-9-20(22)25(28,31)23(29)26-21-11-7-8-16(2)17(21)3/h5-6,9-10,12-17,21,31H,4,7-8,11H2,1-3H3,(H,26,29)(H,27,30)/t16-,17-,21-,25-/m0/s1. The number of aliphatic hydroxyl groups is 1. The first-order valence-corrected chi connectivity index (χ1v) is 11.2.